The zero-order chi connectivity index (χ0) is 21.7. The van der Waals surface area contributed by atoms with E-state index in [-0.39, 0.29) is 23.9 Å². The number of primary sulfonamides is 1. The molecule has 1 aliphatic heterocycles. The zero-order valence-corrected chi connectivity index (χ0v) is 16.8. The van der Waals surface area contributed by atoms with Crippen molar-refractivity contribution in [2.75, 3.05) is 20.2 Å². The first-order valence-electron chi connectivity index (χ1n) is 8.73. The summed E-state index contributed by atoms with van der Waals surface area (Å²) in [5.41, 5.74) is 7.79. The zero-order valence-electron chi connectivity index (χ0n) is 16.0. The van der Waals surface area contributed by atoms with E-state index in [1.165, 1.54) is 30.5 Å². The van der Waals surface area contributed by atoms with Crippen LogP contribution < -0.4 is 16.2 Å². The summed E-state index contributed by atoms with van der Waals surface area (Å²) < 4.78 is 46.8. The molecule has 0 aliphatic carbocycles. The first kappa shape index (κ1) is 21.3. The molecule has 30 heavy (non-hydrogen) atoms. The van der Waals surface area contributed by atoms with Crippen molar-refractivity contribution >= 4 is 21.3 Å². The van der Waals surface area contributed by atoms with Gasteiger partial charge in [-0.1, -0.05) is 5.16 Å². The molecule has 0 spiro atoms. The number of halogens is 1. The van der Waals surface area contributed by atoms with E-state index in [0.717, 1.165) is 0 Å². The second-order valence-corrected chi connectivity index (χ2v) is 7.74. The maximum atomic E-state index is 13.0. The topological polar surface area (TPSA) is 146 Å². The number of benzene rings is 1. The largest absolute Gasteiger partial charge is 0.473 e. The van der Waals surface area contributed by atoms with E-state index in [1.54, 1.807) is 25.2 Å². The Morgan fingerprint density at radius 2 is 2.10 bits per heavy atom. The van der Waals surface area contributed by atoms with Gasteiger partial charge in [0.25, 0.3) is 0 Å². The van der Waals surface area contributed by atoms with Crippen molar-refractivity contribution in [1.29, 1.82) is 0 Å². The lowest BCUT2D eigenvalue weighted by molar-refractivity contribution is 0.232. The predicted octanol–water partition coefficient (Wildman–Crippen LogP) is 1.67. The summed E-state index contributed by atoms with van der Waals surface area (Å²) in [4.78, 5) is 4.18. The molecule has 0 bridgehead atoms. The number of hydrogen-bond donors (Lipinski definition) is 3. The third-order valence-corrected chi connectivity index (χ3v) is 5.14. The summed E-state index contributed by atoms with van der Waals surface area (Å²) in [6.07, 6.45) is 4.14. The normalized spacial score (nSPS) is 15.3. The Hall–Kier alpha value is -3.44. The molecule has 3 rings (SSSR count). The van der Waals surface area contributed by atoms with E-state index in [2.05, 4.69) is 15.5 Å². The van der Waals surface area contributed by atoms with Gasteiger partial charge < -0.3 is 20.3 Å². The molecular formula is C19H20FN5O4S. The van der Waals surface area contributed by atoms with Crippen LogP contribution in [-0.4, -0.2) is 39.5 Å². The van der Waals surface area contributed by atoms with Gasteiger partial charge in [-0.3, -0.25) is 4.99 Å². The highest BCUT2D eigenvalue weighted by Crippen LogP contribution is 2.25. The van der Waals surface area contributed by atoms with Crippen LogP contribution in [0.15, 0.2) is 74.8 Å². The molecule has 0 saturated heterocycles. The number of sulfonamides is 1. The molecule has 1 aromatic carbocycles. The molecule has 0 unspecified atom stereocenters. The molecule has 0 saturated carbocycles. The Kier molecular flexibility index (Phi) is 6.33. The lowest BCUT2D eigenvalue weighted by Gasteiger charge is -2.15. The Morgan fingerprint density at radius 1 is 1.37 bits per heavy atom. The maximum Gasteiger partial charge on any atom is 0.238 e. The predicted molar refractivity (Wildman–Crippen MR) is 110 cm³/mol. The lowest BCUT2D eigenvalue weighted by atomic mass is 10.1. The molecule has 9 nitrogen and oxygen atoms in total. The van der Waals surface area contributed by atoms with E-state index in [0.29, 0.717) is 34.2 Å². The van der Waals surface area contributed by atoms with E-state index >= 15 is 0 Å². The lowest BCUT2D eigenvalue weighted by Crippen LogP contribution is -2.23. The van der Waals surface area contributed by atoms with Gasteiger partial charge in [-0.2, -0.15) is 0 Å². The smallest absolute Gasteiger partial charge is 0.238 e. The third-order valence-electron chi connectivity index (χ3n) is 4.21. The number of aliphatic imine (C=N–C) groups is 1. The number of nitrogens with zero attached hydrogens (tertiary/aromatic N) is 2. The molecule has 0 atom stereocenters. The monoisotopic (exact) mass is 433 g/mol. The Morgan fingerprint density at radius 3 is 2.67 bits per heavy atom. The van der Waals surface area contributed by atoms with Gasteiger partial charge in [0, 0.05) is 36.5 Å². The number of ether oxygens (including phenoxy) is 1. The molecular weight excluding hydrogens is 413 g/mol. The number of hydrogen-bond acceptors (Lipinski definition) is 8. The number of nitrogens with one attached hydrogen (secondary N) is 1. The van der Waals surface area contributed by atoms with Crippen LogP contribution in [0.25, 0.3) is 16.9 Å². The van der Waals surface area contributed by atoms with Crippen molar-refractivity contribution in [3.63, 3.8) is 0 Å². The SMILES string of the molecule is CN=C(COC1=CC=C(F)CN1)C(=CN)c1cc(-c2ccc(S(N)(=O)=O)cc2)on1. The highest BCUT2D eigenvalue weighted by molar-refractivity contribution is 7.89. The van der Waals surface area contributed by atoms with Crippen LogP contribution in [-0.2, 0) is 14.8 Å². The van der Waals surface area contributed by atoms with Crippen LogP contribution in [0.2, 0.25) is 0 Å². The maximum absolute atomic E-state index is 13.0. The standard InChI is InChI=1S/C19H20FN5O4S/c1-23-17(11-28-19-7-4-13(20)10-24-19)15(9-21)16-8-18(29-25-16)12-2-5-14(6-3-12)30(22,26)27/h2-9,24H,10-11,21H2,1H3,(H2,22,26,27). The quantitative estimate of drug-likeness (QED) is 0.563. The molecule has 2 heterocycles. The van der Waals surface area contributed by atoms with E-state index in [4.69, 9.17) is 20.1 Å². The minimum Gasteiger partial charge on any atom is -0.473 e. The van der Waals surface area contributed by atoms with Crippen molar-refractivity contribution in [2.24, 2.45) is 15.9 Å². The van der Waals surface area contributed by atoms with E-state index in [9.17, 15) is 12.8 Å². The average Bonchev–Trinajstić information content (AvgIpc) is 3.21. The first-order chi connectivity index (χ1) is 14.3. The Labute approximate surface area is 172 Å². The summed E-state index contributed by atoms with van der Waals surface area (Å²) in [5.74, 6) is 0.519. The molecule has 0 fully saturated rings. The number of dihydropyridines is 1. The van der Waals surface area contributed by atoms with Crippen molar-refractivity contribution in [2.45, 2.75) is 4.90 Å². The molecule has 1 aromatic heterocycles. The van der Waals surface area contributed by atoms with Crippen molar-refractivity contribution in [3.8, 4) is 11.3 Å². The average molecular weight is 433 g/mol. The molecule has 1 aliphatic rings. The van der Waals surface area contributed by atoms with Gasteiger partial charge in [0.2, 0.25) is 10.0 Å². The summed E-state index contributed by atoms with van der Waals surface area (Å²) in [6.45, 7) is 0.125. The van der Waals surface area contributed by atoms with Crippen LogP contribution in [0.5, 0.6) is 0 Å². The second kappa shape index (κ2) is 8.93. The van der Waals surface area contributed by atoms with Gasteiger partial charge in [-0.25, -0.2) is 17.9 Å². The number of aromatic nitrogens is 1. The van der Waals surface area contributed by atoms with Crippen LogP contribution in [0.4, 0.5) is 4.39 Å². The summed E-state index contributed by atoms with van der Waals surface area (Å²) in [5, 5.41) is 11.9. The molecule has 0 radical (unpaired) electrons. The third kappa shape index (κ3) is 4.93. The highest BCUT2D eigenvalue weighted by Gasteiger charge is 2.17. The molecule has 158 valence electrons. The first-order valence-corrected chi connectivity index (χ1v) is 10.3. The highest BCUT2D eigenvalue weighted by atomic mass is 32.2. The van der Waals surface area contributed by atoms with Gasteiger partial charge in [-0.05, 0) is 30.3 Å². The summed E-state index contributed by atoms with van der Waals surface area (Å²) in [6, 6.07) is 7.51. The fourth-order valence-corrected chi connectivity index (χ4v) is 3.16. The van der Waals surface area contributed by atoms with Gasteiger partial charge >= 0.3 is 0 Å². The summed E-state index contributed by atoms with van der Waals surface area (Å²) >= 11 is 0. The number of allylic oxidation sites excluding steroid dienone is 2. The van der Waals surface area contributed by atoms with Gasteiger partial charge in [0.05, 0.1) is 17.2 Å². The van der Waals surface area contributed by atoms with Gasteiger partial charge in [-0.15, -0.1) is 0 Å². The fourth-order valence-electron chi connectivity index (χ4n) is 2.64. The van der Waals surface area contributed by atoms with Crippen LogP contribution >= 0.6 is 0 Å². The molecule has 2 aromatic rings. The fraction of sp³-hybridized carbons (Fsp3) is 0.158. The van der Waals surface area contributed by atoms with E-state index in [1.807, 2.05) is 0 Å². The van der Waals surface area contributed by atoms with Crippen LogP contribution in [0, 0.1) is 0 Å². The van der Waals surface area contributed by atoms with Crippen LogP contribution in [0.3, 0.4) is 0 Å². The molecule has 5 N–H and O–H groups in total. The van der Waals surface area contributed by atoms with Gasteiger partial charge in [0.15, 0.2) is 11.6 Å². The molecule has 0 amide bonds. The minimum absolute atomic E-state index is 0.00793. The van der Waals surface area contributed by atoms with Crippen LogP contribution in [0.1, 0.15) is 5.69 Å². The summed E-state index contributed by atoms with van der Waals surface area (Å²) in [7, 11) is -2.20. The van der Waals surface area contributed by atoms with E-state index < -0.39 is 10.0 Å². The number of rotatable bonds is 7. The minimum atomic E-state index is -3.78. The second-order valence-electron chi connectivity index (χ2n) is 6.18. The number of nitrogens with two attached hydrogens (primary N) is 2. The Bertz CT molecular complexity index is 1150. The molecule has 11 heteroatoms. The Balaban J connectivity index is 1.76. The van der Waals surface area contributed by atoms with Crippen molar-refractivity contribution < 1.29 is 22.1 Å². The van der Waals surface area contributed by atoms with Crippen molar-refractivity contribution in [1.82, 2.24) is 10.5 Å². The van der Waals surface area contributed by atoms with Crippen molar-refractivity contribution in [3.05, 3.63) is 66.1 Å². The van der Waals surface area contributed by atoms with Gasteiger partial charge in [0.1, 0.15) is 18.1 Å².